The van der Waals surface area contributed by atoms with Gasteiger partial charge in [-0.15, -0.1) is 0 Å². The van der Waals surface area contributed by atoms with Crippen LogP contribution < -0.4 is 16.0 Å². The van der Waals surface area contributed by atoms with Crippen molar-refractivity contribution in [2.24, 2.45) is 0 Å². The molecule has 4 N–H and O–H groups in total. The number of sulfonamides is 1. The number of ether oxygens (including phenoxy) is 1. The van der Waals surface area contributed by atoms with Gasteiger partial charge in [0.05, 0.1) is 18.0 Å². The second-order valence-electron chi connectivity index (χ2n) is 6.95. The molecule has 14 nitrogen and oxygen atoms in total. The molecule has 1 unspecified atom stereocenters. The number of benzene rings is 1. The van der Waals surface area contributed by atoms with Gasteiger partial charge < -0.3 is 25.8 Å². The summed E-state index contributed by atoms with van der Waals surface area (Å²) in [5, 5.41) is 27.0. The van der Waals surface area contributed by atoms with Gasteiger partial charge in [0.15, 0.2) is 4.90 Å². The highest BCUT2D eigenvalue weighted by atomic mass is 32.2. The number of nitro groups is 1. The Bertz CT molecular complexity index is 971. The zero-order valence-corrected chi connectivity index (χ0v) is 19.7. The minimum absolute atomic E-state index is 0.0284. The van der Waals surface area contributed by atoms with Gasteiger partial charge in [-0.3, -0.25) is 19.7 Å². The van der Waals surface area contributed by atoms with E-state index < -0.39 is 55.9 Å². The number of para-hydroxylation sites is 1. The number of carbonyl (C=O) groups is 3. The van der Waals surface area contributed by atoms with Crippen molar-refractivity contribution in [3.8, 4) is 0 Å². The maximum absolute atomic E-state index is 12.7. The van der Waals surface area contributed by atoms with Gasteiger partial charge in [0.1, 0.15) is 6.04 Å². The molecular weight excluding hydrogens is 474 g/mol. The van der Waals surface area contributed by atoms with Gasteiger partial charge in [-0.1, -0.05) is 12.1 Å². The minimum Gasteiger partial charge on any atom is -0.465 e. The predicted octanol–water partition coefficient (Wildman–Crippen LogP) is -0.0994. The topological polar surface area (TPSA) is 197 Å². The molecule has 0 fully saturated rings. The van der Waals surface area contributed by atoms with Crippen molar-refractivity contribution >= 4 is 33.6 Å². The third-order valence-electron chi connectivity index (χ3n) is 4.48. The molecule has 34 heavy (non-hydrogen) atoms. The van der Waals surface area contributed by atoms with E-state index in [2.05, 4.69) is 10.6 Å². The molecular formula is C19H29N5O9S. The van der Waals surface area contributed by atoms with Crippen LogP contribution in [0.5, 0.6) is 0 Å². The molecule has 0 aromatic heterocycles. The van der Waals surface area contributed by atoms with Crippen LogP contribution in [-0.4, -0.2) is 86.6 Å². The van der Waals surface area contributed by atoms with E-state index in [1.807, 2.05) is 5.32 Å². The molecule has 0 aliphatic rings. The number of nitrogens with zero attached hydrogens (tertiary/aromatic N) is 2. The second-order valence-corrected chi connectivity index (χ2v) is 8.96. The number of hydrogen-bond acceptors (Lipinski definition) is 8. The van der Waals surface area contributed by atoms with Crippen LogP contribution in [0.1, 0.15) is 19.8 Å². The fourth-order valence-electron chi connectivity index (χ4n) is 2.77. The second kappa shape index (κ2) is 14.1. The van der Waals surface area contributed by atoms with Crippen LogP contribution in [0.15, 0.2) is 29.2 Å². The Morgan fingerprint density at radius 2 is 1.88 bits per heavy atom. The normalized spacial score (nSPS) is 12.1. The quantitative estimate of drug-likeness (QED) is 0.143. The average Bonchev–Trinajstić information content (AvgIpc) is 2.78. The van der Waals surface area contributed by atoms with Gasteiger partial charge in [-0.25, -0.2) is 17.5 Å². The average molecular weight is 504 g/mol. The van der Waals surface area contributed by atoms with Crippen molar-refractivity contribution in [1.29, 1.82) is 0 Å². The predicted molar refractivity (Wildman–Crippen MR) is 120 cm³/mol. The van der Waals surface area contributed by atoms with Gasteiger partial charge in [-0.2, -0.15) is 0 Å². The van der Waals surface area contributed by atoms with Gasteiger partial charge >= 0.3 is 6.09 Å². The van der Waals surface area contributed by atoms with Crippen LogP contribution in [0.4, 0.5) is 10.5 Å². The molecule has 1 aromatic rings. The van der Waals surface area contributed by atoms with E-state index >= 15 is 0 Å². The summed E-state index contributed by atoms with van der Waals surface area (Å²) in [5.74, 6) is -1.31. The zero-order chi connectivity index (χ0) is 25.7. The van der Waals surface area contributed by atoms with Gasteiger partial charge in [0.25, 0.3) is 5.69 Å². The molecule has 0 aliphatic carbocycles. The van der Waals surface area contributed by atoms with Crippen LogP contribution in [0.3, 0.4) is 0 Å². The number of carboxylic acid groups (broad SMARTS) is 1. The first kappa shape index (κ1) is 28.7. The standard InChI is InChI=1S/C19H29N5O9S/c1-3-33-12-10-20-17(25)13-14(22-19(27)28)18(26)21-9-6-11-23(2)34(31,32)16-8-5-4-7-15(16)24(29)30/h4-5,7-8,14,22H,3,6,9-13H2,1-2H3,(H,20,25)(H,21,26)(H,27,28). The molecule has 190 valence electrons. The summed E-state index contributed by atoms with van der Waals surface area (Å²) in [4.78, 5) is 45.1. The molecule has 1 atom stereocenters. The zero-order valence-electron chi connectivity index (χ0n) is 18.9. The SMILES string of the molecule is CCOCCNC(=O)CC(NC(=O)O)C(=O)NCCCN(C)S(=O)(=O)c1ccccc1[N+](=O)[O-]. The summed E-state index contributed by atoms with van der Waals surface area (Å²) >= 11 is 0. The lowest BCUT2D eigenvalue weighted by molar-refractivity contribution is -0.387. The van der Waals surface area contributed by atoms with Crippen LogP contribution in [0, 0.1) is 10.1 Å². The molecule has 0 aliphatic heterocycles. The van der Waals surface area contributed by atoms with E-state index in [4.69, 9.17) is 9.84 Å². The maximum atomic E-state index is 12.7. The van der Waals surface area contributed by atoms with Crippen molar-refractivity contribution in [2.45, 2.75) is 30.7 Å². The maximum Gasteiger partial charge on any atom is 0.405 e. The lowest BCUT2D eigenvalue weighted by Gasteiger charge is -2.19. The number of nitrogens with one attached hydrogen (secondary N) is 3. The summed E-state index contributed by atoms with van der Waals surface area (Å²) < 4.78 is 31.3. The van der Waals surface area contributed by atoms with E-state index in [0.717, 1.165) is 16.4 Å². The molecule has 1 rings (SSSR count). The molecule has 0 radical (unpaired) electrons. The molecule has 0 bridgehead atoms. The third kappa shape index (κ3) is 9.29. The first-order valence-electron chi connectivity index (χ1n) is 10.3. The van der Waals surface area contributed by atoms with Gasteiger partial charge in [-0.05, 0) is 19.4 Å². The van der Waals surface area contributed by atoms with E-state index in [0.29, 0.717) is 6.61 Å². The number of amides is 3. The summed E-state index contributed by atoms with van der Waals surface area (Å²) in [7, 11) is -2.91. The monoisotopic (exact) mass is 503 g/mol. The molecule has 0 heterocycles. The van der Waals surface area contributed by atoms with Crippen LogP contribution in [-0.2, 0) is 24.3 Å². The summed E-state index contributed by atoms with van der Waals surface area (Å²) in [5.41, 5.74) is -0.551. The Hall–Kier alpha value is -3.30. The molecule has 15 heteroatoms. The van der Waals surface area contributed by atoms with Crippen molar-refractivity contribution in [2.75, 3.05) is 39.9 Å². The van der Waals surface area contributed by atoms with Crippen LogP contribution in [0.2, 0.25) is 0 Å². The molecule has 0 saturated heterocycles. The molecule has 0 saturated carbocycles. The number of nitro benzene ring substituents is 1. The molecule has 3 amide bonds. The highest BCUT2D eigenvalue weighted by Crippen LogP contribution is 2.25. The Kier molecular flexibility index (Phi) is 11.9. The highest BCUT2D eigenvalue weighted by Gasteiger charge is 2.29. The minimum atomic E-state index is -4.15. The number of hydrogen-bond donors (Lipinski definition) is 4. The fourth-order valence-corrected chi connectivity index (χ4v) is 4.14. The highest BCUT2D eigenvalue weighted by molar-refractivity contribution is 7.89. The Morgan fingerprint density at radius 1 is 1.21 bits per heavy atom. The summed E-state index contributed by atoms with van der Waals surface area (Å²) in [6, 6.07) is 3.60. The van der Waals surface area contributed by atoms with E-state index in [1.54, 1.807) is 6.92 Å². The molecule has 1 aromatic carbocycles. The fraction of sp³-hybridized carbons (Fsp3) is 0.526. The van der Waals surface area contributed by atoms with Crippen molar-refractivity contribution < 1.29 is 37.6 Å². The van der Waals surface area contributed by atoms with Crippen molar-refractivity contribution in [3.63, 3.8) is 0 Å². The van der Waals surface area contributed by atoms with Crippen molar-refractivity contribution in [1.82, 2.24) is 20.3 Å². The lowest BCUT2D eigenvalue weighted by atomic mass is 10.2. The molecule has 0 spiro atoms. The van der Waals surface area contributed by atoms with Crippen molar-refractivity contribution in [3.05, 3.63) is 34.4 Å². The third-order valence-corrected chi connectivity index (χ3v) is 6.38. The lowest BCUT2D eigenvalue weighted by Crippen LogP contribution is -2.49. The smallest absolute Gasteiger partial charge is 0.405 e. The van der Waals surface area contributed by atoms with E-state index in [1.165, 1.54) is 19.2 Å². The largest absolute Gasteiger partial charge is 0.465 e. The van der Waals surface area contributed by atoms with Crippen LogP contribution in [0.25, 0.3) is 0 Å². The first-order chi connectivity index (χ1) is 16.0. The Morgan fingerprint density at radius 3 is 2.50 bits per heavy atom. The van der Waals surface area contributed by atoms with Gasteiger partial charge in [0.2, 0.25) is 21.8 Å². The van der Waals surface area contributed by atoms with E-state index in [9.17, 15) is 32.9 Å². The number of rotatable bonds is 15. The Labute approximate surface area is 196 Å². The first-order valence-corrected chi connectivity index (χ1v) is 11.8. The summed E-state index contributed by atoms with van der Waals surface area (Å²) in [6.07, 6.45) is -1.80. The number of carbonyl (C=O) groups excluding carboxylic acids is 2. The van der Waals surface area contributed by atoms with Gasteiger partial charge in [0, 0.05) is 39.4 Å². The van der Waals surface area contributed by atoms with Crippen LogP contribution >= 0.6 is 0 Å². The Balaban J connectivity index is 2.62. The van der Waals surface area contributed by atoms with E-state index in [-0.39, 0.29) is 32.7 Å². The summed E-state index contributed by atoms with van der Waals surface area (Å²) in [6.45, 7) is 2.63.